The van der Waals surface area contributed by atoms with Crippen LogP contribution in [0.25, 0.3) is 0 Å². The second kappa shape index (κ2) is 5.76. The van der Waals surface area contributed by atoms with Gasteiger partial charge in [-0.05, 0) is 52.0 Å². The second-order valence-corrected chi connectivity index (χ2v) is 4.22. The summed E-state index contributed by atoms with van der Waals surface area (Å²) >= 11 is 0. The van der Waals surface area contributed by atoms with Crippen LogP contribution in [0.15, 0.2) is 18.2 Å². The molecule has 0 unspecified atom stereocenters. The van der Waals surface area contributed by atoms with Gasteiger partial charge in [-0.25, -0.2) is 0 Å². The van der Waals surface area contributed by atoms with Crippen molar-refractivity contribution in [3.05, 3.63) is 29.3 Å². The van der Waals surface area contributed by atoms with E-state index >= 15 is 0 Å². The maximum Gasteiger partial charge on any atom is 0.122 e. The largest absolute Gasteiger partial charge is 0.496 e. The minimum Gasteiger partial charge on any atom is -0.496 e. The molecule has 0 saturated heterocycles. The molecule has 0 fully saturated rings. The van der Waals surface area contributed by atoms with Gasteiger partial charge < -0.3 is 9.64 Å². The average Bonchev–Trinajstić information content (AvgIpc) is 2.17. The van der Waals surface area contributed by atoms with E-state index in [1.54, 1.807) is 7.11 Å². The Kier molecular flexibility index (Phi) is 4.63. The highest BCUT2D eigenvalue weighted by Crippen LogP contribution is 2.20. The molecule has 15 heavy (non-hydrogen) atoms. The van der Waals surface area contributed by atoms with Crippen LogP contribution < -0.4 is 4.74 Å². The third kappa shape index (κ3) is 3.92. The number of nitrogens with zero attached hydrogens (tertiary/aromatic N) is 1. The van der Waals surface area contributed by atoms with Crippen LogP contribution in [-0.4, -0.2) is 32.6 Å². The molecule has 0 atom stereocenters. The number of rotatable bonds is 5. The van der Waals surface area contributed by atoms with E-state index in [9.17, 15) is 0 Å². The third-order valence-corrected chi connectivity index (χ3v) is 2.49. The molecule has 0 saturated carbocycles. The predicted octanol–water partition coefficient (Wildman–Crippen LogP) is 2.50. The Balaban J connectivity index is 2.62. The van der Waals surface area contributed by atoms with Gasteiger partial charge in [0.1, 0.15) is 5.75 Å². The molecule has 0 aromatic heterocycles. The molecule has 0 amide bonds. The summed E-state index contributed by atoms with van der Waals surface area (Å²) in [5.74, 6) is 1.01. The lowest BCUT2D eigenvalue weighted by atomic mass is 10.1. The first-order valence-electron chi connectivity index (χ1n) is 5.41. The molecule has 1 aromatic carbocycles. The topological polar surface area (TPSA) is 12.5 Å². The molecule has 0 radical (unpaired) electrons. The van der Waals surface area contributed by atoms with E-state index in [0.717, 1.165) is 18.7 Å². The molecule has 84 valence electrons. The predicted molar refractivity (Wildman–Crippen MR) is 64.6 cm³/mol. The van der Waals surface area contributed by atoms with Gasteiger partial charge in [-0.1, -0.05) is 17.7 Å². The first-order valence-corrected chi connectivity index (χ1v) is 5.41. The van der Waals surface area contributed by atoms with Crippen molar-refractivity contribution in [1.82, 2.24) is 4.90 Å². The van der Waals surface area contributed by atoms with Crippen molar-refractivity contribution < 1.29 is 4.74 Å². The molecule has 1 rings (SSSR count). The molecule has 0 heterocycles. The molecule has 0 aliphatic heterocycles. The van der Waals surface area contributed by atoms with Crippen molar-refractivity contribution in [2.45, 2.75) is 19.8 Å². The first kappa shape index (κ1) is 12.1. The van der Waals surface area contributed by atoms with Gasteiger partial charge in [-0.3, -0.25) is 0 Å². The lowest BCUT2D eigenvalue weighted by molar-refractivity contribution is 0.391. The SMILES string of the molecule is COc1ccc(C)cc1CCCN(C)C. The number of hydrogen-bond donors (Lipinski definition) is 0. The number of aryl methyl sites for hydroxylation is 2. The van der Waals surface area contributed by atoms with Crippen LogP contribution in [0.2, 0.25) is 0 Å². The van der Waals surface area contributed by atoms with Gasteiger partial charge in [0.25, 0.3) is 0 Å². The molecule has 0 N–H and O–H groups in total. The second-order valence-electron chi connectivity index (χ2n) is 4.22. The van der Waals surface area contributed by atoms with Crippen LogP contribution in [0.1, 0.15) is 17.5 Å². The minimum absolute atomic E-state index is 1.01. The van der Waals surface area contributed by atoms with Crippen molar-refractivity contribution in [3.63, 3.8) is 0 Å². The lowest BCUT2D eigenvalue weighted by Gasteiger charge is -2.12. The lowest BCUT2D eigenvalue weighted by Crippen LogP contribution is -2.13. The van der Waals surface area contributed by atoms with Crippen molar-refractivity contribution in [3.8, 4) is 5.75 Å². The van der Waals surface area contributed by atoms with E-state index in [1.807, 2.05) is 0 Å². The Morgan fingerprint density at radius 1 is 1.27 bits per heavy atom. The van der Waals surface area contributed by atoms with Gasteiger partial charge in [-0.2, -0.15) is 0 Å². The van der Waals surface area contributed by atoms with Gasteiger partial charge in [-0.15, -0.1) is 0 Å². The monoisotopic (exact) mass is 207 g/mol. The van der Waals surface area contributed by atoms with Crippen LogP contribution in [0.4, 0.5) is 0 Å². The van der Waals surface area contributed by atoms with Gasteiger partial charge in [0, 0.05) is 0 Å². The zero-order valence-corrected chi connectivity index (χ0v) is 10.2. The minimum atomic E-state index is 1.01. The van der Waals surface area contributed by atoms with E-state index in [1.165, 1.54) is 17.5 Å². The first-order chi connectivity index (χ1) is 7.13. The van der Waals surface area contributed by atoms with E-state index in [4.69, 9.17) is 4.74 Å². The standard InChI is InChI=1S/C13H21NO/c1-11-7-8-13(15-4)12(10-11)6-5-9-14(2)3/h7-8,10H,5-6,9H2,1-4H3. The van der Waals surface area contributed by atoms with Crippen molar-refractivity contribution >= 4 is 0 Å². The van der Waals surface area contributed by atoms with Crippen LogP contribution >= 0.6 is 0 Å². The fourth-order valence-corrected chi connectivity index (χ4v) is 1.69. The highest BCUT2D eigenvalue weighted by Gasteiger charge is 2.02. The summed E-state index contributed by atoms with van der Waals surface area (Å²) in [4.78, 5) is 2.21. The van der Waals surface area contributed by atoms with Crippen LogP contribution in [0.3, 0.4) is 0 Å². The fourth-order valence-electron chi connectivity index (χ4n) is 1.69. The molecule has 0 aliphatic carbocycles. The average molecular weight is 207 g/mol. The Bertz CT molecular complexity index is 307. The molecule has 0 spiro atoms. The summed E-state index contributed by atoms with van der Waals surface area (Å²) < 4.78 is 5.34. The molecule has 1 aromatic rings. The Labute approximate surface area is 92.9 Å². The van der Waals surface area contributed by atoms with Gasteiger partial charge in [0.2, 0.25) is 0 Å². The number of ether oxygens (including phenoxy) is 1. The Hall–Kier alpha value is -1.02. The van der Waals surface area contributed by atoms with Crippen molar-refractivity contribution in [2.75, 3.05) is 27.7 Å². The van der Waals surface area contributed by atoms with E-state index < -0.39 is 0 Å². The number of hydrogen-bond acceptors (Lipinski definition) is 2. The van der Waals surface area contributed by atoms with Gasteiger partial charge >= 0.3 is 0 Å². The third-order valence-electron chi connectivity index (χ3n) is 2.49. The zero-order chi connectivity index (χ0) is 11.3. The Morgan fingerprint density at radius 2 is 2.00 bits per heavy atom. The normalized spacial score (nSPS) is 10.7. The van der Waals surface area contributed by atoms with Crippen LogP contribution in [-0.2, 0) is 6.42 Å². The fraction of sp³-hybridized carbons (Fsp3) is 0.538. The summed E-state index contributed by atoms with van der Waals surface area (Å²) in [5.41, 5.74) is 2.62. The number of benzene rings is 1. The highest BCUT2D eigenvalue weighted by atomic mass is 16.5. The smallest absolute Gasteiger partial charge is 0.122 e. The van der Waals surface area contributed by atoms with Crippen molar-refractivity contribution in [1.29, 1.82) is 0 Å². The van der Waals surface area contributed by atoms with Crippen LogP contribution in [0, 0.1) is 6.92 Å². The summed E-state index contributed by atoms with van der Waals surface area (Å²) in [6.45, 7) is 3.24. The highest BCUT2D eigenvalue weighted by molar-refractivity contribution is 5.36. The van der Waals surface area contributed by atoms with Crippen LogP contribution in [0.5, 0.6) is 5.75 Å². The summed E-state index contributed by atoms with van der Waals surface area (Å²) in [6, 6.07) is 6.36. The molecular formula is C13H21NO. The maximum atomic E-state index is 5.34. The number of methoxy groups -OCH3 is 1. The molecule has 2 nitrogen and oxygen atoms in total. The van der Waals surface area contributed by atoms with E-state index in [0.29, 0.717) is 0 Å². The zero-order valence-electron chi connectivity index (χ0n) is 10.2. The molecule has 2 heteroatoms. The molecule has 0 aliphatic rings. The molecular weight excluding hydrogens is 186 g/mol. The van der Waals surface area contributed by atoms with Crippen molar-refractivity contribution in [2.24, 2.45) is 0 Å². The quantitative estimate of drug-likeness (QED) is 0.735. The van der Waals surface area contributed by atoms with Gasteiger partial charge in [0.05, 0.1) is 7.11 Å². The molecule has 0 bridgehead atoms. The van der Waals surface area contributed by atoms with Gasteiger partial charge in [0.15, 0.2) is 0 Å². The van der Waals surface area contributed by atoms with E-state index in [-0.39, 0.29) is 0 Å². The summed E-state index contributed by atoms with van der Waals surface area (Å²) in [5, 5.41) is 0. The summed E-state index contributed by atoms with van der Waals surface area (Å²) in [6.07, 6.45) is 2.26. The maximum absolute atomic E-state index is 5.34. The Morgan fingerprint density at radius 3 is 2.60 bits per heavy atom. The van der Waals surface area contributed by atoms with E-state index in [2.05, 4.69) is 44.1 Å². The summed E-state index contributed by atoms with van der Waals surface area (Å²) in [7, 11) is 5.95.